The Morgan fingerprint density at radius 2 is 2.42 bits per heavy atom. The second-order valence-electron chi connectivity index (χ2n) is 4.73. The minimum atomic E-state index is 0.291. The molecule has 1 N–H and O–H groups in total. The molecule has 102 valence electrons. The van der Waals surface area contributed by atoms with Gasteiger partial charge in [0.25, 0.3) is 0 Å². The van der Waals surface area contributed by atoms with E-state index in [1.165, 1.54) is 0 Å². The van der Waals surface area contributed by atoms with Crippen LogP contribution in [0.1, 0.15) is 13.3 Å². The minimum Gasteiger partial charge on any atom is -0.380 e. The molecular formula is C13H19N5O. The molecule has 0 spiro atoms. The van der Waals surface area contributed by atoms with E-state index in [4.69, 9.17) is 4.74 Å². The summed E-state index contributed by atoms with van der Waals surface area (Å²) in [6.07, 6.45) is 7.06. The molecule has 19 heavy (non-hydrogen) atoms. The van der Waals surface area contributed by atoms with E-state index in [9.17, 15) is 0 Å². The van der Waals surface area contributed by atoms with Crippen LogP contribution in [0.25, 0.3) is 5.65 Å². The highest BCUT2D eigenvalue weighted by Gasteiger charge is 2.25. The molecule has 0 bridgehead atoms. The molecule has 0 aliphatic carbocycles. The summed E-state index contributed by atoms with van der Waals surface area (Å²) in [7, 11) is 1.77. The van der Waals surface area contributed by atoms with Crippen molar-refractivity contribution in [2.75, 3.05) is 37.0 Å². The van der Waals surface area contributed by atoms with Gasteiger partial charge in [-0.3, -0.25) is 0 Å². The zero-order valence-corrected chi connectivity index (χ0v) is 11.3. The third-order valence-corrected chi connectivity index (χ3v) is 3.49. The van der Waals surface area contributed by atoms with Gasteiger partial charge in [0.1, 0.15) is 5.82 Å². The van der Waals surface area contributed by atoms with Crippen molar-refractivity contribution < 1.29 is 4.74 Å². The van der Waals surface area contributed by atoms with Crippen LogP contribution >= 0.6 is 0 Å². The van der Waals surface area contributed by atoms with Crippen LogP contribution in [0.3, 0.4) is 0 Å². The molecule has 1 unspecified atom stereocenters. The van der Waals surface area contributed by atoms with E-state index in [1.807, 2.05) is 16.8 Å². The lowest BCUT2D eigenvalue weighted by Gasteiger charge is -2.19. The van der Waals surface area contributed by atoms with Crippen molar-refractivity contribution in [2.45, 2.75) is 19.4 Å². The maximum absolute atomic E-state index is 5.42. The largest absolute Gasteiger partial charge is 0.380 e. The predicted molar refractivity (Wildman–Crippen MR) is 74.8 cm³/mol. The number of methoxy groups -OCH3 is 1. The summed E-state index contributed by atoms with van der Waals surface area (Å²) in [4.78, 5) is 11.3. The van der Waals surface area contributed by atoms with Crippen LogP contribution < -0.4 is 10.2 Å². The third-order valence-electron chi connectivity index (χ3n) is 3.49. The van der Waals surface area contributed by atoms with Gasteiger partial charge in [-0.2, -0.15) is 0 Å². The molecule has 2 aromatic rings. The fourth-order valence-corrected chi connectivity index (χ4v) is 2.51. The van der Waals surface area contributed by atoms with Gasteiger partial charge in [-0.15, -0.1) is 0 Å². The number of anilines is 2. The van der Waals surface area contributed by atoms with Gasteiger partial charge in [0.2, 0.25) is 0 Å². The summed E-state index contributed by atoms with van der Waals surface area (Å²) in [5.41, 5.74) is 0.901. The highest BCUT2D eigenvalue weighted by molar-refractivity contribution is 5.67. The van der Waals surface area contributed by atoms with Gasteiger partial charge in [0, 0.05) is 39.1 Å². The molecule has 1 aliphatic heterocycles. The first-order valence-corrected chi connectivity index (χ1v) is 6.67. The van der Waals surface area contributed by atoms with Gasteiger partial charge in [0.05, 0.1) is 12.3 Å². The molecule has 0 amide bonds. The maximum Gasteiger partial charge on any atom is 0.180 e. The molecule has 0 saturated carbocycles. The predicted octanol–water partition coefficient (Wildman–Crippen LogP) is 1.39. The summed E-state index contributed by atoms with van der Waals surface area (Å²) >= 11 is 0. The average molecular weight is 261 g/mol. The standard InChI is InChI=1S/C13H19N5O/c1-3-14-11-9-18-7-5-15-12(18)13(16-11)17-6-4-10(8-17)19-2/h5,7,9-10,14H,3-4,6,8H2,1-2H3. The Morgan fingerprint density at radius 3 is 3.16 bits per heavy atom. The Balaban J connectivity index is 1.98. The van der Waals surface area contributed by atoms with E-state index in [0.717, 1.165) is 43.3 Å². The molecule has 1 fully saturated rings. The van der Waals surface area contributed by atoms with Gasteiger partial charge in [0.15, 0.2) is 11.5 Å². The number of rotatable bonds is 4. The van der Waals surface area contributed by atoms with Crippen molar-refractivity contribution in [1.29, 1.82) is 0 Å². The SMILES string of the molecule is CCNc1cn2ccnc2c(N2CCC(OC)C2)n1. The first-order valence-electron chi connectivity index (χ1n) is 6.67. The monoisotopic (exact) mass is 261 g/mol. The summed E-state index contributed by atoms with van der Waals surface area (Å²) in [5.74, 6) is 1.81. The van der Waals surface area contributed by atoms with Crippen LogP contribution in [0.15, 0.2) is 18.6 Å². The van der Waals surface area contributed by atoms with Crippen LogP contribution in [-0.4, -0.2) is 47.2 Å². The Labute approximate surface area is 112 Å². The molecule has 1 aliphatic rings. The second kappa shape index (κ2) is 5.05. The normalized spacial score (nSPS) is 19.3. The fourth-order valence-electron chi connectivity index (χ4n) is 2.51. The fraction of sp³-hybridized carbons (Fsp3) is 0.538. The minimum absolute atomic E-state index is 0.291. The van der Waals surface area contributed by atoms with Gasteiger partial charge in [-0.05, 0) is 13.3 Å². The number of nitrogens with one attached hydrogen (secondary N) is 1. The molecule has 3 heterocycles. The lowest BCUT2D eigenvalue weighted by molar-refractivity contribution is 0.121. The van der Waals surface area contributed by atoms with Gasteiger partial charge >= 0.3 is 0 Å². The van der Waals surface area contributed by atoms with Crippen molar-refractivity contribution in [3.8, 4) is 0 Å². The lowest BCUT2D eigenvalue weighted by atomic mass is 10.3. The number of fused-ring (bicyclic) bond motifs is 1. The number of hydrogen-bond donors (Lipinski definition) is 1. The van der Waals surface area contributed by atoms with Crippen molar-refractivity contribution in [1.82, 2.24) is 14.4 Å². The molecule has 1 atom stereocenters. The van der Waals surface area contributed by atoms with E-state index in [1.54, 1.807) is 13.3 Å². The van der Waals surface area contributed by atoms with Crippen molar-refractivity contribution in [3.63, 3.8) is 0 Å². The molecule has 1 saturated heterocycles. The Morgan fingerprint density at radius 1 is 1.53 bits per heavy atom. The topological polar surface area (TPSA) is 54.7 Å². The Bertz CT molecular complexity index is 567. The lowest BCUT2D eigenvalue weighted by Crippen LogP contribution is -2.24. The number of hydrogen-bond acceptors (Lipinski definition) is 5. The zero-order chi connectivity index (χ0) is 13.2. The summed E-state index contributed by atoms with van der Waals surface area (Å²) in [6.45, 7) is 4.76. The number of aromatic nitrogens is 3. The van der Waals surface area contributed by atoms with Crippen molar-refractivity contribution in [2.24, 2.45) is 0 Å². The van der Waals surface area contributed by atoms with Crippen LogP contribution in [0.4, 0.5) is 11.6 Å². The van der Waals surface area contributed by atoms with E-state index in [-0.39, 0.29) is 0 Å². The van der Waals surface area contributed by atoms with Crippen LogP contribution in [0.2, 0.25) is 0 Å². The van der Waals surface area contributed by atoms with E-state index < -0.39 is 0 Å². The number of imidazole rings is 1. The molecule has 3 rings (SSSR count). The Kier molecular flexibility index (Phi) is 3.25. The first kappa shape index (κ1) is 12.2. The van der Waals surface area contributed by atoms with E-state index >= 15 is 0 Å². The molecule has 0 radical (unpaired) electrons. The third kappa shape index (κ3) is 2.23. The van der Waals surface area contributed by atoms with Gasteiger partial charge in [-0.25, -0.2) is 9.97 Å². The van der Waals surface area contributed by atoms with Gasteiger partial charge in [-0.1, -0.05) is 0 Å². The number of nitrogens with zero attached hydrogens (tertiary/aromatic N) is 4. The second-order valence-corrected chi connectivity index (χ2v) is 4.73. The number of ether oxygens (including phenoxy) is 1. The molecular weight excluding hydrogens is 242 g/mol. The highest BCUT2D eigenvalue weighted by atomic mass is 16.5. The van der Waals surface area contributed by atoms with Crippen LogP contribution in [0, 0.1) is 0 Å². The van der Waals surface area contributed by atoms with E-state index in [2.05, 4.69) is 27.1 Å². The Hall–Kier alpha value is -1.82. The van der Waals surface area contributed by atoms with E-state index in [0.29, 0.717) is 6.10 Å². The highest BCUT2D eigenvalue weighted by Crippen LogP contribution is 2.25. The first-order chi connectivity index (χ1) is 9.31. The molecule has 0 aromatic carbocycles. The summed E-state index contributed by atoms with van der Waals surface area (Å²) < 4.78 is 7.44. The van der Waals surface area contributed by atoms with Crippen molar-refractivity contribution in [3.05, 3.63) is 18.6 Å². The molecule has 6 nitrogen and oxygen atoms in total. The van der Waals surface area contributed by atoms with Gasteiger partial charge < -0.3 is 19.4 Å². The summed E-state index contributed by atoms with van der Waals surface area (Å²) in [5, 5.41) is 3.26. The molecule has 2 aromatic heterocycles. The van der Waals surface area contributed by atoms with Crippen LogP contribution in [0.5, 0.6) is 0 Å². The summed E-state index contributed by atoms with van der Waals surface area (Å²) in [6, 6.07) is 0. The van der Waals surface area contributed by atoms with Crippen LogP contribution in [-0.2, 0) is 4.74 Å². The quantitative estimate of drug-likeness (QED) is 0.901. The smallest absolute Gasteiger partial charge is 0.180 e. The molecule has 6 heteroatoms. The average Bonchev–Trinajstić information content (AvgIpc) is 3.06. The zero-order valence-electron chi connectivity index (χ0n) is 11.3. The maximum atomic E-state index is 5.42. The van der Waals surface area contributed by atoms with Crippen molar-refractivity contribution >= 4 is 17.3 Å².